The molecule has 0 heterocycles. The average molecular weight is 3100 g/mol. The summed E-state index contributed by atoms with van der Waals surface area (Å²) in [5.41, 5.74) is 1.82. The third-order valence-electron chi connectivity index (χ3n) is 8.24. The number of allylic oxidation sites excluding steroid dienone is 8. The van der Waals surface area contributed by atoms with Crippen molar-refractivity contribution in [2.24, 2.45) is 5.41 Å². The molecular weight excluding hydrogens is 3020 g/mol. The van der Waals surface area contributed by atoms with Gasteiger partial charge in [-0.15, -0.1) is 46.5 Å². The standard InChI is InChI=1S/C8H17.C7H7.C6H5.2C5H5.2C5H11.C3H7.2C2H3.20CO.3CH3.5BrH.5ClH.HI.14Mg.5Mn.10O.W.2Zr/c1-3-5-7-8-6-4-2;1-7-5-3-2-4-6-7;1-2-4-6-5-3-1;2*1-2-4-5-3-1;1-5(2,3)4;1-3-5-4-2;1-3-2;22*1-2;;;;;;;;;;;;;;;;;;;;;;;;;;;;;;;;;;;;;;;;;;;;;;/h1,3-8H2,2H3;3-6H,1H3;1-5H;2*1-3H,4H2;1H2,2-4H3;1,3-5H2,2H3;1,3H2,2H3;2*1H,2H2;;;;;;;;;;;;;;;;;;;;;3*1H3;11*1H;;;;;;;;;;;;;;;;;;;;;;;;;;;;;;;;/q;;;;;;;;;;;;;;;;;;;;;;;;;;;;;;;;;;;;;;;;;;;;11*+1;3*+2;;4*+2;10*-2;+6;2*+4/p-11. The van der Waals surface area contributed by atoms with Crippen molar-refractivity contribution in [3.63, 3.8) is 0 Å². The Hall–Kier alpha value is 10.2. The molecule has 0 saturated carbocycles. The molecule has 0 unspecified atom stereocenters. The summed E-state index contributed by atoms with van der Waals surface area (Å²) < 4.78 is 15.2. The Bertz CT molecular complexity index is 1800. The van der Waals surface area contributed by atoms with E-state index >= 15 is 0 Å². The van der Waals surface area contributed by atoms with Crippen molar-refractivity contribution in [3.05, 3.63) is 127 Å². The fourth-order valence-corrected chi connectivity index (χ4v) is 15.1. The topological polar surface area (TPSA) is 626 Å². The Morgan fingerprint density at radius 1 is 0.396 bits per heavy atom. The number of carbonyl (C=O) groups excluding carboxylic acids is 20. The van der Waals surface area contributed by atoms with Crippen LogP contribution < -0.4 is 7.39 Å². The van der Waals surface area contributed by atoms with Crippen LogP contribution >= 0.6 is 129 Å². The Kier molecular flexibility index (Phi) is 1190. The molecule has 63 heteroatoms. The van der Waals surface area contributed by atoms with Crippen LogP contribution in [0.5, 0.6) is 0 Å². The first-order chi connectivity index (χ1) is 55.6. The summed E-state index contributed by atoms with van der Waals surface area (Å²) in [7, 11) is 27.1. The monoisotopic (exact) mass is 3090 g/mol. The van der Waals surface area contributed by atoms with Crippen LogP contribution in [0.25, 0.3) is 0 Å². The van der Waals surface area contributed by atoms with E-state index < -0.39 is 0 Å². The second-order valence-electron chi connectivity index (χ2n) is 16.6. The molecule has 44 radical (unpaired) electrons. The van der Waals surface area contributed by atoms with Crippen LogP contribution in [0.2, 0.25) is 33.4 Å². The van der Waals surface area contributed by atoms with Gasteiger partial charge in [-0.05, 0) is 6.92 Å². The van der Waals surface area contributed by atoms with Gasteiger partial charge in [0, 0.05) is 0 Å². The molecule has 693 valence electrons. The van der Waals surface area contributed by atoms with E-state index in [9.17, 15) is 0 Å². The van der Waals surface area contributed by atoms with Gasteiger partial charge in [0.15, 0.2) is 0 Å². The van der Waals surface area contributed by atoms with Crippen LogP contribution in [0.3, 0.4) is 0 Å². The van der Waals surface area contributed by atoms with Gasteiger partial charge in [0.05, 0.1) is 0 Å². The normalized spacial score (nSPS) is 5.80. The molecule has 0 spiro atoms. The molecule has 30 nitrogen and oxygen atoms in total. The third-order valence-corrected chi connectivity index (χ3v) is 25.8. The summed E-state index contributed by atoms with van der Waals surface area (Å²) in [5.74, 6) is 0. The molecule has 2 aromatic carbocycles. The van der Waals surface area contributed by atoms with E-state index in [0.29, 0.717) is 21.9 Å². The van der Waals surface area contributed by atoms with Gasteiger partial charge >= 0.3 is 488 Å². The number of unbranched alkanes of at least 4 members (excludes halogenated alkanes) is 7. The first-order valence-electron chi connectivity index (χ1n) is 30.5. The molecule has 134 heavy (non-hydrogen) atoms. The number of rotatable bonds is 20. The molecule has 0 atom stereocenters. The van der Waals surface area contributed by atoms with Gasteiger partial charge in [0.25, 0.3) is 136 Å². The van der Waals surface area contributed by atoms with E-state index in [-0.39, 0.29) is 453 Å². The van der Waals surface area contributed by atoms with E-state index in [1.165, 1.54) is 108 Å². The van der Waals surface area contributed by atoms with Crippen molar-refractivity contribution in [1.29, 1.82) is 0 Å². The summed E-state index contributed by atoms with van der Waals surface area (Å²) in [5, 5.41) is 6.46. The maximum atomic E-state index is 7.50. The van der Waals surface area contributed by atoms with Crippen molar-refractivity contribution in [3.8, 4) is 0 Å². The van der Waals surface area contributed by atoms with Crippen molar-refractivity contribution in [1.82, 2.24) is 0 Å². The molecule has 0 saturated heterocycles. The quantitative estimate of drug-likeness (QED) is 0.0675. The van der Waals surface area contributed by atoms with Crippen LogP contribution in [-0.2, 0) is 307 Å². The minimum absolute atomic E-state index is 0. The Balaban J connectivity index is -0.0000000126. The number of aryl methyl sites for hydroxylation is 1. The van der Waals surface area contributed by atoms with Crippen molar-refractivity contribution in [2.45, 2.75) is 159 Å². The molecule has 0 bridgehead atoms. The second kappa shape index (κ2) is 499. The van der Waals surface area contributed by atoms with Crippen LogP contribution in [0, 0.1) is 12.3 Å². The minimum Gasteiger partial charge on any atom is -2.00 e. The van der Waals surface area contributed by atoms with Gasteiger partial charge < -0.3 is 145 Å². The van der Waals surface area contributed by atoms with Crippen LogP contribution in [-0.4, -0.2) is 409 Å². The summed E-state index contributed by atoms with van der Waals surface area (Å²) in [6.07, 6.45) is 29.6. The Morgan fingerprint density at radius 2 is 0.612 bits per heavy atom. The van der Waals surface area contributed by atoms with Gasteiger partial charge in [-0.2, -0.15) is 15.8 Å². The van der Waals surface area contributed by atoms with Gasteiger partial charge in [-0.25, -0.2) is 0 Å². The largest absolute Gasteiger partial charge is 6.00 e. The molecule has 2 aliphatic carbocycles. The number of hydrogen-bond donors (Lipinski definition) is 0. The molecule has 2 aliphatic rings. The van der Waals surface area contributed by atoms with Gasteiger partial charge in [0.1, 0.15) is 0 Å². The maximum Gasteiger partial charge on any atom is 6.00 e. The summed E-state index contributed by atoms with van der Waals surface area (Å²) in [4.78, 5) is 150. The molecule has 2 aromatic rings. The van der Waals surface area contributed by atoms with E-state index in [4.69, 9.17) is 141 Å². The fraction of sp³-hybridized carbons (Fsp3) is 0.380. The summed E-state index contributed by atoms with van der Waals surface area (Å²) in [6, 6.07) is 19.2. The number of hydrogen-bond acceptors (Lipinski definition) is 20. The zero-order chi connectivity index (χ0) is 98.2. The van der Waals surface area contributed by atoms with Gasteiger partial charge in [-0.1, -0.05) is 171 Å². The zero-order valence-electron chi connectivity index (χ0n) is 75.1. The second-order valence-corrected chi connectivity index (χ2v) is 49.7. The fourth-order valence-electron chi connectivity index (χ4n) is 4.37. The molecule has 0 amide bonds. The third kappa shape index (κ3) is 592. The Morgan fingerprint density at radius 3 is 0.761 bits per heavy atom. The molecule has 0 fully saturated rings. The summed E-state index contributed by atoms with van der Waals surface area (Å²) in [6.45, 7) is 112. The average Bonchev–Trinajstić information content (AvgIpc) is 1.77. The zero-order valence-corrected chi connectivity index (χ0v) is 123. The molecule has 0 N–H and O–H groups in total. The Labute approximate surface area is 1120 Å². The van der Waals surface area contributed by atoms with Gasteiger partial charge in [0.2, 0.25) is 0 Å². The first-order valence-corrected chi connectivity index (χ1v) is 78.3. The van der Waals surface area contributed by atoms with Crippen LogP contribution in [0.4, 0.5) is 0 Å². The molecule has 0 aliphatic heterocycles. The molecular formula is C71H83Br5Cl5IMg14Mn5O30WZr2+8. The van der Waals surface area contributed by atoms with E-state index in [1.807, 2.05) is 15.3 Å². The van der Waals surface area contributed by atoms with Crippen LogP contribution in [0.15, 0.2) is 122 Å². The van der Waals surface area contributed by atoms with E-state index in [1.54, 1.807) is 13.1 Å². The smallest absolute Gasteiger partial charge is 2.00 e. The predicted molar refractivity (Wildman–Crippen MR) is 530 cm³/mol. The van der Waals surface area contributed by atoms with Crippen LogP contribution in [0.1, 0.15) is 124 Å². The first kappa shape index (κ1) is 320. The number of halogens is 11. The number of benzene rings is 2. The molecule has 4 rings (SSSR count). The van der Waals surface area contributed by atoms with Crippen molar-refractivity contribution >= 4 is 545 Å². The molecule has 0 aromatic heterocycles. The predicted octanol–water partition coefficient (Wildman–Crippen LogP) is 10.8. The maximum absolute atomic E-state index is 7.50. The van der Waals surface area contributed by atoms with Gasteiger partial charge in [-0.3, -0.25) is 135 Å². The van der Waals surface area contributed by atoms with Crippen molar-refractivity contribution < 1.29 is 307 Å². The minimum atomic E-state index is -0.340. The van der Waals surface area contributed by atoms with E-state index in [0.717, 1.165) is 15.0 Å². The summed E-state index contributed by atoms with van der Waals surface area (Å²) >= 11 is 20.1. The SMILES string of the molecule is C1=CC[C]([Mn][C]2=CC=CC2)=C1.C=[CH][Mg][Br].C=[CH][Mg][Cl].CC(C)(C)[CH2][Mg][Cl].CCCCCCC[CH2][Mg][Cl].CCCC[CH2][Mg][Br].CC[CH2][Mg][Cl].Cc1cc[c]([Mg][Br])cc1.[Br][Mg][c]1ccccc1.[CH3][Mg][Br].[CH3][Mg][Cl].[CH3][Mg][I].[C]=O.[C]=O.[C]=O.[C]=O.[C]=O.[C]=O.[C]=O.[C]=O.[C]=O.[C]=O.[C]=O.[C]=O.[C]=O.[C]=O.[C]=O.[C]=O.[C]=O.[C]=O.[C]=O.[C]=O.[Mg+2].[Mg+2].[Mg+2].[Mn+2].[Mn+2].[Mn+2].[Mn+2].[O-2].[O-2].[O-2].[O-2].[O-2].[O-2].[O-2].[O-2].[O-2].[O-2].[W+6].[Zr+4].[Zr+4]. The van der Waals surface area contributed by atoms with E-state index in [2.05, 4.69) is 376 Å². The van der Waals surface area contributed by atoms with Crippen molar-refractivity contribution in [2.75, 3.05) is 0 Å².